The highest BCUT2D eigenvalue weighted by Crippen LogP contribution is 2.35. The number of aliphatic carboxylic acids is 1. The molecule has 1 heterocycles. The van der Waals surface area contributed by atoms with Gasteiger partial charge in [0.15, 0.2) is 0 Å². The minimum Gasteiger partial charge on any atom is -0.480 e. The largest absolute Gasteiger partial charge is 0.480 e. The van der Waals surface area contributed by atoms with Crippen LogP contribution in [0.3, 0.4) is 0 Å². The number of benzene rings is 1. The molecular formula is C15H19NO2. The quantitative estimate of drug-likeness (QED) is 0.890. The van der Waals surface area contributed by atoms with E-state index in [0.29, 0.717) is 12.3 Å². The first-order valence-corrected chi connectivity index (χ1v) is 6.83. The van der Waals surface area contributed by atoms with Crippen molar-refractivity contribution in [2.75, 3.05) is 11.4 Å². The van der Waals surface area contributed by atoms with Crippen LogP contribution >= 0.6 is 0 Å². The Labute approximate surface area is 107 Å². The molecule has 1 unspecified atom stereocenters. The van der Waals surface area contributed by atoms with Crippen LogP contribution in [0.2, 0.25) is 0 Å². The molecule has 1 aliphatic heterocycles. The van der Waals surface area contributed by atoms with Crippen LogP contribution in [0.4, 0.5) is 5.69 Å². The van der Waals surface area contributed by atoms with Crippen molar-refractivity contribution in [1.29, 1.82) is 0 Å². The average Bonchev–Trinajstić information content (AvgIpc) is 2.98. The fraction of sp³-hybridized carbons (Fsp3) is 0.533. The summed E-state index contributed by atoms with van der Waals surface area (Å²) < 4.78 is 0. The lowest BCUT2D eigenvalue weighted by molar-refractivity contribution is -0.138. The molecule has 3 rings (SSSR count). The van der Waals surface area contributed by atoms with Crippen molar-refractivity contribution < 1.29 is 9.90 Å². The molecule has 3 nitrogen and oxygen atoms in total. The van der Waals surface area contributed by atoms with Gasteiger partial charge in [0.2, 0.25) is 0 Å². The van der Waals surface area contributed by atoms with Gasteiger partial charge in [-0.1, -0.05) is 31.0 Å². The molecule has 2 aliphatic rings. The van der Waals surface area contributed by atoms with Crippen LogP contribution in [0, 0.1) is 5.92 Å². The summed E-state index contributed by atoms with van der Waals surface area (Å²) in [6, 6.07) is 7.76. The Morgan fingerprint density at radius 3 is 2.72 bits per heavy atom. The van der Waals surface area contributed by atoms with Gasteiger partial charge in [0, 0.05) is 18.7 Å². The molecule has 1 aromatic rings. The first-order valence-electron chi connectivity index (χ1n) is 6.83. The van der Waals surface area contributed by atoms with Gasteiger partial charge in [0.1, 0.15) is 6.04 Å². The molecule has 1 atom stereocenters. The molecule has 18 heavy (non-hydrogen) atoms. The van der Waals surface area contributed by atoms with Crippen LogP contribution in [0.5, 0.6) is 0 Å². The molecule has 1 fully saturated rings. The van der Waals surface area contributed by atoms with Crippen molar-refractivity contribution >= 4 is 11.7 Å². The van der Waals surface area contributed by atoms with Crippen LogP contribution < -0.4 is 4.90 Å². The minimum absolute atomic E-state index is 0.358. The van der Waals surface area contributed by atoms with Gasteiger partial charge in [-0.15, -0.1) is 0 Å². The highest BCUT2D eigenvalue weighted by Gasteiger charge is 2.35. The third-order valence-corrected chi connectivity index (χ3v) is 4.31. The molecule has 96 valence electrons. The molecule has 3 heteroatoms. The van der Waals surface area contributed by atoms with E-state index in [9.17, 15) is 9.90 Å². The number of para-hydroxylation sites is 1. The molecule has 1 N–H and O–H groups in total. The molecule has 0 spiro atoms. The summed E-state index contributed by atoms with van der Waals surface area (Å²) in [6.07, 6.45) is 5.77. The fourth-order valence-corrected chi connectivity index (χ4v) is 3.37. The maximum absolute atomic E-state index is 11.4. The van der Waals surface area contributed by atoms with Crippen LogP contribution in [0.15, 0.2) is 24.3 Å². The van der Waals surface area contributed by atoms with Crippen LogP contribution in [-0.4, -0.2) is 23.7 Å². The Morgan fingerprint density at radius 2 is 2.00 bits per heavy atom. The second-order valence-electron chi connectivity index (χ2n) is 5.49. The smallest absolute Gasteiger partial charge is 0.326 e. The maximum Gasteiger partial charge on any atom is 0.326 e. The zero-order valence-electron chi connectivity index (χ0n) is 10.5. The van der Waals surface area contributed by atoms with E-state index in [1.54, 1.807) is 0 Å². The van der Waals surface area contributed by atoms with E-state index in [1.807, 2.05) is 12.1 Å². The molecule has 0 radical (unpaired) electrons. The number of nitrogens with zero attached hydrogens (tertiary/aromatic N) is 1. The van der Waals surface area contributed by atoms with Gasteiger partial charge in [-0.3, -0.25) is 0 Å². The lowest BCUT2D eigenvalue weighted by Crippen LogP contribution is -2.41. The predicted octanol–water partition coefficient (Wildman–Crippen LogP) is 2.69. The van der Waals surface area contributed by atoms with Crippen molar-refractivity contribution in [1.82, 2.24) is 0 Å². The number of carboxylic acids is 1. The van der Waals surface area contributed by atoms with Gasteiger partial charge in [0.25, 0.3) is 0 Å². The average molecular weight is 245 g/mol. The maximum atomic E-state index is 11.4. The second-order valence-corrected chi connectivity index (χ2v) is 5.49. The number of rotatable bonds is 3. The lowest BCUT2D eigenvalue weighted by Gasteiger charge is -2.27. The van der Waals surface area contributed by atoms with E-state index in [-0.39, 0.29) is 6.04 Å². The van der Waals surface area contributed by atoms with E-state index in [1.165, 1.54) is 31.2 Å². The second kappa shape index (κ2) is 4.63. The first-order chi connectivity index (χ1) is 8.75. The molecule has 1 aliphatic carbocycles. The Kier molecular flexibility index (Phi) is 2.98. The van der Waals surface area contributed by atoms with Gasteiger partial charge in [-0.05, 0) is 30.4 Å². The summed E-state index contributed by atoms with van der Waals surface area (Å²) in [4.78, 5) is 13.5. The minimum atomic E-state index is -0.691. The highest BCUT2D eigenvalue weighted by atomic mass is 16.4. The Bertz CT molecular complexity index is 452. The zero-order chi connectivity index (χ0) is 12.5. The fourth-order valence-electron chi connectivity index (χ4n) is 3.37. The van der Waals surface area contributed by atoms with E-state index < -0.39 is 5.97 Å². The standard InChI is InChI=1S/C15H19NO2/c17-15(18)14-9-12-7-3-4-8-13(12)16(14)10-11-5-1-2-6-11/h3-4,7-8,11,14H,1-2,5-6,9-10H2,(H,17,18). The molecule has 0 bridgehead atoms. The van der Waals surface area contributed by atoms with Gasteiger partial charge < -0.3 is 10.0 Å². The molecule has 1 aromatic carbocycles. The Balaban J connectivity index is 1.85. The van der Waals surface area contributed by atoms with Gasteiger partial charge in [-0.25, -0.2) is 4.79 Å². The normalized spacial score (nSPS) is 23.3. The highest BCUT2D eigenvalue weighted by molar-refractivity contribution is 5.82. The number of hydrogen-bond donors (Lipinski definition) is 1. The predicted molar refractivity (Wildman–Crippen MR) is 70.9 cm³/mol. The molecule has 0 saturated heterocycles. The summed E-state index contributed by atoms with van der Waals surface area (Å²) in [5.74, 6) is -0.0118. The Hall–Kier alpha value is -1.51. The third kappa shape index (κ3) is 1.98. The van der Waals surface area contributed by atoms with Gasteiger partial charge in [-0.2, -0.15) is 0 Å². The monoisotopic (exact) mass is 245 g/mol. The number of carboxylic acid groups (broad SMARTS) is 1. The number of carbonyl (C=O) groups is 1. The van der Waals surface area contributed by atoms with E-state index in [2.05, 4.69) is 17.0 Å². The summed E-state index contributed by atoms with van der Waals surface area (Å²) >= 11 is 0. The zero-order valence-corrected chi connectivity index (χ0v) is 10.5. The number of anilines is 1. The topological polar surface area (TPSA) is 40.5 Å². The number of hydrogen-bond acceptors (Lipinski definition) is 2. The Morgan fingerprint density at radius 1 is 1.28 bits per heavy atom. The van der Waals surface area contributed by atoms with Crippen molar-refractivity contribution in [2.45, 2.75) is 38.1 Å². The van der Waals surface area contributed by atoms with Crippen LogP contribution in [0.1, 0.15) is 31.2 Å². The van der Waals surface area contributed by atoms with Crippen LogP contribution in [-0.2, 0) is 11.2 Å². The van der Waals surface area contributed by atoms with E-state index in [4.69, 9.17) is 0 Å². The van der Waals surface area contributed by atoms with E-state index in [0.717, 1.165) is 12.2 Å². The van der Waals surface area contributed by atoms with Crippen molar-refractivity contribution in [3.63, 3.8) is 0 Å². The van der Waals surface area contributed by atoms with E-state index >= 15 is 0 Å². The van der Waals surface area contributed by atoms with Gasteiger partial charge >= 0.3 is 5.97 Å². The molecule has 0 amide bonds. The SMILES string of the molecule is O=C(O)C1Cc2ccccc2N1CC1CCCC1. The molecular weight excluding hydrogens is 226 g/mol. The summed E-state index contributed by atoms with van der Waals surface area (Å²) in [7, 11) is 0. The summed E-state index contributed by atoms with van der Waals surface area (Å²) in [5.41, 5.74) is 2.32. The van der Waals surface area contributed by atoms with Gasteiger partial charge in [0.05, 0.1) is 0 Å². The summed E-state index contributed by atoms with van der Waals surface area (Å²) in [5, 5.41) is 9.39. The summed E-state index contributed by atoms with van der Waals surface area (Å²) in [6.45, 7) is 0.911. The van der Waals surface area contributed by atoms with Crippen molar-refractivity contribution in [3.8, 4) is 0 Å². The third-order valence-electron chi connectivity index (χ3n) is 4.31. The molecule has 0 aromatic heterocycles. The molecule has 1 saturated carbocycles. The number of fused-ring (bicyclic) bond motifs is 1. The van der Waals surface area contributed by atoms with Crippen molar-refractivity contribution in [2.24, 2.45) is 5.92 Å². The lowest BCUT2D eigenvalue weighted by atomic mass is 10.1. The van der Waals surface area contributed by atoms with Crippen molar-refractivity contribution in [3.05, 3.63) is 29.8 Å². The first kappa shape index (κ1) is 11.6. The van der Waals surface area contributed by atoms with Crippen LogP contribution in [0.25, 0.3) is 0 Å².